The molecule has 0 aliphatic carbocycles. The molecule has 0 spiro atoms. The van der Waals surface area contributed by atoms with E-state index in [2.05, 4.69) is 0 Å². The fourth-order valence-corrected chi connectivity index (χ4v) is 2.57. The molecule has 2 rings (SSSR count). The normalized spacial score (nSPS) is 10.9. The van der Waals surface area contributed by atoms with Gasteiger partial charge >= 0.3 is 0 Å². The van der Waals surface area contributed by atoms with Crippen molar-refractivity contribution in [2.75, 3.05) is 5.73 Å². The van der Waals surface area contributed by atoms with Gasteiger partial charge in [0, 0.05) is 17.0 Å². The summed E-state index contributed by atoms with van der Waals surface area (Å²) in [5, 5.41) is 0. The maximum Gasteiger partial charge on any atom is 0.160 e. The number of ketones is 1. The summed E-state index contributed by atoms with van der Waals surface area (Å²) < 4.78 is 0.709. The first-order valence-corrected chi connectivity index (χ1v) is 6.63. The number of allylic oxidation sites excluding steroid dienone is 1. The third kappa shape index (κ3) is 3.72. The lowest BCUT2D eigenvalue weighted by Crippen LogP contribution is -1.95. The van der Waals surface area contributed by atoms with E-state index in [-0.39, 0.29) is 5.78 Å². The van der Waals surface area contributed by atoms with Crippen LogP contribution in [0.4, 0.5) is 5.69 Å². The molecule has 0 amide bonds. The summed E-state index contributed by atoms with van der Waals surface area (Å²) in [6.45, 7) is 0. The highest BCUT2D eigenvalue weighted by atomic mass is 35.5. The van der Waals surface area contributed by atoms with Crippen molar-refractivity contribution >= 4 is 40.5 Å². The van der Waals surface area contributed by atoms with Crippen LogP contribution in [0.5, 0.6) is 0 Å². The van der Waals surface area contributed by atoms with Gasteiger partial charge in [0.05, 0.1) is 4.34 Å². The molecule has 2 aromatic rings. The number of nitrogens with two attached hydrogens (primary N) is 1. The summed E-state index contributed by atoms with van der Waals surface area (Å²) in [7, 11) is 0. The van der Waals surface area contributed by atoms with Gasteiger partial charge < -0.3 is 5.73 Å². The molecule has 0 aliphatic heterocycles. The maximum absolute atomic E-state index is 11.7. The molecule has 18 heavy (non-hydrogen) atoms. The molecular formula is C14H12ClNOS. The first-order chi connectivity index (χ1) is 8.63. The number of hydrogen-bond donors (Lipinski definition) is 1. The molecule has 0 aliphatic rings. The van der Waals surface area contributed by atoms with E-state index in [0.29, 0.717) is 16.4 Å². The molecule has 0 unspecified atom stereocenters. The summed E-state index contributed by atoms with van der Waals surface area (Å²) in [5.41, 5.74) is 7.26. The molecule has 92 valence electrons. The van der Waals surface area contributed by atoms with Crippen molar-refractivity contribution in [1.29, 1.82) is 0 Å². The van der Waals surface area contributed by atoms with Crippen molar-refractivity contribution in [2.24, 2.45) is 0 Å². The van der Waals surface area contributed by atoms with Crippen molar-refractivity contribution < 1.29 is 4.79 Å². The highest BCUT2D eigenvalue weighted by Gasteiger charge is 2.02. The predicted molar refractivity (Wildman–Crippen MR) is 77.9 cm³/mol. The Balaban J connectivity index is 1.96. The molecule has 0 saturated heterocycles. The zero-order chi connectivity index (χ0) is 13.0. The van der Waals surface area contributed by atoms with E-state index in [1.165, 1.54) is 11.3 Å². The van der Waals surface area contributed by atoms with E-state index in [9.17, 15) is 4.79 Å². The highest BCUT2D eigenvalue weighted by Crippen LogP contribution is 2.22. The molecule has 0 atom stereocenters. The topological polar surface area (TPSA) is 43.1 Å². The summed E-state index contributed by atoms with van der Waals surface area (Å²) in [4.78, 5) is 12.7. The van der Waals surface area contributed by atoms with Gasteiger partial charge in [0.15, 0.2) is 5.78 Å². The lowest BCUT2D eigenvalue weighted by Gasteiger charge is -1.95. The average Bonchev–Trinajstić information content (AvgIpc) is 2.74. The van der Waals surface area contributed by atoms with E-state index in [1.54, 1.807) is 18.2 Å². The number of halogens is 1. The zero-order valence-electron chi connectivity index (χ0n) is 9.60. The van der Waals surface area contributed by atoms with Gasteiger partial charge in [0.1, 0.15) is 0 Å². The summed E-state index contributed by atoms with van der Waals surface area (Å²) in [6, 6.07) is 11.1. The molecule has 1 heterocycles. The van der Waals surface area contributed by atoms with Crippen LogP contribution in [-0.4, -0.2) is 5.78 Å². The Bertz CT molecular complexity index is 572. The van der Waals surface area contributed by atoms with Crippen LogP contribution in [0.25, 0.3) is 6.08 Å². The van der Waals surface area contributed by atoms with Gasteiger partial charge in [-0.1, -0.05) is 29.8 Å². The molecule has 0 bridgehead atoms. The SMILES string of the molecule is Nc1ccc(/C=C/C(=O)Cc2ccc(Cl)s2)cc1. The lowest BCUT2D eigenvalue weighted by atomic mass is 10.1. The van der Waals surface area contributed by atoms with Crippen molar-refractivity contribution in [1.82, 2.24) is 0 Å². The van der Waals surface area contributed by atoms with Gasteiger partial charge in [0.25, 0.3) is 0 Å². The van der Waals surface area contributed by atoms with Crippen LogP contribution < -0.4 is 5.73 Å². The first-order valence-electron chi connectivity index (χ1n) is 5.44. The van der Waals surface area contributed by atoms with Crippen LogP contribution in [0.2, 0.25) is 4.34 Å². The molecule has 2 N–H and O–H groups in total. The van der Waals surface area contributed by atoms with Crippen molar-refractivity contribution in [2.45, 2.75) is 6.42 Å². The Morgan fingerprint density at radius 2 is 1.94 bits per heavy atom. The van der Waals surface area contributed by atoms with Crippen LogP contribution in [0.15, 0.2) is 42.5 Å². The fourth-order valence-electron chi connectivity index (χ4n) is 1.47. The number of rotatable bonds is 4. The minimum atomic E-state index is 0.0605. The summed E-state index contributed by atoms with van der Waals surface area (Å²) in [6.07, 6.45) is 3.76. The second kappa shape index (κ2) is 5.85. The number of carbonyl (C=O) groups is 1. The quantitative estimate of drug-likeness (QED) is 0.682. The summed E-state index contributed by atoms with van der Waals surface area (Å²) in [5.74, 6) is 0.0605. The van der Waals surface area contributed by atoms with Crippen LogP contribution in [-0.2, 0) is 11.2 Å². The highest BCUT2D eigenvalue weighted by molar-refractivity contribution is 7.16. The van der Waals surface area contributed by atoms with Crippen LogP contribution in [0.3, 0.4) is 0 Å². The van der Waals surface area contributed by atoms with Crippen molar-refractivity contribution in [3.63, 3.8) is 0 Å². The van der Waals surface area contributed by atoms with Gasteiger partial charge in [-0.3, -0.25) is 4.79 Å². The van der Waals surface area contributed by atoms with E-state index in [4.69, 9.17) is 17.3 Å². The minimum absolute atomic E-state index is 0.0605. The number of anilines is 1. The van der Waals surface area contributed by atoms with Gasteiger partial charge in [-0.25, -0.2) is 0 Å². The van der Waals surface area contributed by atoms with E-state index in [0.717, 1.165) is 10.4 Å². The predicted octanol–water partition coefficient (Wildman–Crippen LogP) is 3.81. The standard InChI is InChI=1S/C14H12ClNOS/c15-14-8-7-13(18-14)9-12(17)6-3-10-1-4-11(16)5-2-10/h1-8H,9,16H2/b6-3+. The summed E-state index contributed by atoms with van der Waals surface area (Å²) >= 11 is 7.24. The lowest BCUT2D eigenvalue weighted by molar-refractivity contribution is -0.113. The first kappa shape index (κ1) is 12.9. The molecule has 0 fully saturated rings. The average molecular weight is 278 g/mol. The molecule has 1 aromatic heterocycles. The zero-order valence-corrected chi connectivity index (χ0v) is 11.2. The molecular weight excluding hydrogens is 266 g/mol. The van der Waals surface area contributed by atoms with Gasteiger partial charge in [-0.15, -0.1) is 11.3 Å². The van der Waals surface area contributed by atoms with Gasteiger partial charge in [0.2, 0.25) is 0 Å². The van der Waals surface area contributed by atoms with E-state index >= 15 is 0 Å². The van der Waals surface area contributed by atoms with Crippen molar-refractivity contribution in [3.05, 3.63) is 57.3 Å². The van der Waals surface area contributed by atoms with Gasteiger partial charge in [-0.05, 0) is 35.9 Å². The van der Waals surface area contributed by atoms with Crippen LogP contribution >= 0.6 is 22.9 Å². The monoisotopic (exact) mass is 277 g/mol. The second-order valence-electron chi connectivity index (χ2n) is 3.85. The maximum atomic E-state index is 11.7. The largest absolute Gasteiger partial charge is 0.399 e. The fraction of sp³-hybridized carbons (Fsp3) is 0.0714. The van der Waals surface area contributed by atoms with E-state index < -0.39 is 0 Å². The van der Waals surface area contributed by atoms with Crippen molar-refractivity contribution in [3.8, 4) is 0 Å². The Hall–Kier alpha value is -1.58. The van der Waals surface area contributed by atoms with Gasteiger partial charge in [-0.2, -0.15) is 0 Å². The number of nitrogen functional groups attached to an aromatic ring is 1. The Morgan fingerprint density at radius 3 is 2.56 bits per heavy atom. The number of carbonyl (C=O) groups excluding carboxylic acids is 1. The Labute approximate surface area is 115 Å². The van der Waals surface area contributed by atoms with Crippen LogP contribution in [0, 0.1) is 0 Å². The third-order valence-corrected chi connectivity index (χ3v) is 3.61. The molecule has 4 heteroatoms. The molecule has 0 radical (unpaired) electrons. The smallest absolute Gasteiger partial charge is 0.160 e. The number of thiophene rings is 1. The van der Waals surface area contributed by atoms with E-state index in [1.807, 2.05) is 30.3 Å². The molecule has 2 nitrogen and oxygen atoms in total. The number of hydrogen-bond acceptors (Lipinski definition) is 3. The van der Waals surface area contributed by atoms with Crippen LogP contribution in [0.1, 0.15) is 10.4 Å². The number of benzene rings is 1. The third-order valence-electron chi connectivity index (χ3n) is 2.38. The Morgan fingerprint density at radius 1 is 1.22 bits per heavy atom. The molecule has 1 aromatic carbocycles. The molecule has 0 saturated carbocycles. The minimum Gasteiger partial charge on any atom is -0.399 e. The Kier molecular flexibility index (Phi) is 4.18. The second-order valence-corrected chi connectivity index (χ2v) is 5.65.